The number of nitrogens with zero attached hydrogens (tertiary/aromatic N) is 1. The molecule has 0 aliphatic rings. The number of hydrogen-bond donors (Lipinski definition) is 3. The van der Waals surface area contributed by atoms with Gasteiger partial charge in [-0.05, 0) is 17.5 Å². The first-order valence-electron chi connectivity index (χ1n) is 7.42. The van der Waals surface area contributed by atoms with Crippen molar-refractivity contribution in [2.45, 2.75) is 25.9 Å². The van der Waals surface area contributed by atoms with Crippen LogP contribution in [0, 0.1) is 0 Å². The normalized spacial score (nSPS) is 12.9. The lowest BCUT2D eigenvalue weighted by Gasteiger charge is -2.24. The van der Waals surface area contributed by atoms with E-state index in [4.69, 9.17) is 14.9 Å². The minimum Gasteiger partial charge on any atom is -0.491 e. The first-order chi connectivity index (χ1) is 10.1. The van der Waals surface area contributed by atoms with Gasteiger partial charge in [-0.2, -0.15) is 0 Å². The molecule has 5 heteroatoms. The number of benzene rings is 1. The molecule has 21 heavy (non-hydrogen) atoms. The van der Waals surface area contributed by atoms with E-state index in [2.05, 4.69) is 13.8 Å². The van der Waals surface area contributed by atoms with Crippen LogP contribution in [0.5, 0.6) is 5.75 Å². The molecule has 0 unspecified atom stereocenters. The summed E-state index contributed by atoms with van der Waals surface area (Å²) in [6.45, 7) is 5.63. The fourth-order valence-corrected chi connectivity index (χ4v) is 2.20. The Kier molecular flexibility index (Phi) is 8.30. The third-order valence-corrected chi connectivity index (χ3v) is 3.27. The molecule has 0 amide bonds. The van der Waals surface area contributed by atoms with Crippen LogP contribution in [0.2, 0.25) is 0 Å². The first kappa shape index (κ1) is 17.9. The molecule has 0 fully saturated rings. The van der Waals surface area contributed by atoms with Crippen molar-refractivity contribution in [2.24, 2.45) is 0 Å². The average Bonchev–Trinajstić information content (AvgIpc) is 2.46. The topological polar surface area (TPSA) is 73.2 Å². The second kappa shape index (κ2) is 9.73. The van der Waals surface area contributed by atoms with Gasteiger partial charge in [0.2, 0.25) is 0 Å². The number of rotatable bonds is 10. The lowest BCUT2D eigenvalue weighted by molar-refractivity contribution is 0.0549. The van der Waals surface area contributed by atoms with Crippen LogP contribution in [-0.2, 0) is 0 Å². The largest absolute Gasteiger partial charge is 0.491 e. The van der Waals surface area contributed by atoms with Crippen molar-refractivity contribution >= 4 is 0 Å². The quantitative estimate of drug-likeness (QED) is 0.597. The molecule has 1 aromatic rings. The van der Waals surface area contributed by atoms with Gasteiger partial charge >= 0.3 is 0 Å². The molecule has 0 heterocycles. The molecule has 1 rings (SSSR count). The smallest absolute Gasteiger partial charge is 0.122 e. The average molecular weight is 297 g/mol. The van der Waals surface area contributed by atoms with Crippen molar-refractivity contribution in [1.82, 2.24) is 4.90 Å². The summed E-state index contributed by atoms with van der Waals surface area (Å²) >= 11 is 0. The van der Waals surface area contributed by atoms with Gasteiger partial charge in [0.25, 0.3) is 0 Å². The Morgan fingerprint density at radius 3 is 2.29 bits per heavy atom. The minimum atomic E-state index is -0.664. The van der Waals surface area contributed by atoms with E-state index in [9.17, 15) is 5.11 Å². The van der Waals surface area contributed by atoms with Crippen LogP contribution >= 0.6 is 0 Å². The molecule has 0 saturated carbocycles. The van der Waals surface area contributed by atoms with Crippen LogP contribution < -0.4 is 4.74 Å². The summed E-state index contributed by atoms with van der Waals surface area (Å²) < 4.78 is 5.72. The fraction of sp³-hybridized carbons (Fsp3) is 0.625. The van der Waals surface area contributed by atoms with Crippen molar-refractivity contribution < 1.29 is 20.1 Å². The van der Waals surface area contributed by atoms with Crippen LogP contribution in [0.15, 0.2) is 24.3 Å². The Balaban J connectivity index is 2.50. The molecule has 0 aromatic heterocycles. The summed E-state index contributed by atoms with van der Waals surface area (Å²) in [5.41, 5.74) is 1.12. The summed E-state index contributed by atoms with van der Waals surface area (Å²) in [5.74, 6) is 1.15. The maximum Gasteiger partial charge on any atom is 0.122 e. The van der Waals surface area contributed by atoms with Gasteiger partial charge in [-0.25, -0.2) is 0 Å². The Morgan fingerprint density at radius 1 is 1.10 bits per heavy atom. The van der Waals surface area contributed by atoms with Gasteiger partial charge in [0.15, 0.2) is 0 Å². The van der Waals surface area contributed by atoms with E-state index >= 15 is 0 Å². The third kappa shape index (κ3) is 6.44. The molecule has 1 aromatic carbocycles. The number of para-hydroxylation sites is 1. The lowest BCUT2D eigenvalue weighted by Crippen LogP contribution is -2.38. The predicted octanol–water partition coefficient (Wildman–Crippen LogP) is 0.836. The van der Waals surface area contributed by atoms with E-state index in [1.54, 1.807) is 0 Å². The molecule has 3 N–H and O–H groups in total. The summed E-state index contributed by atoms with van der Waals surface area (Å²) in [6, 6.07) is 7.82. The molecular weight excluding hydrogens is 270 g/mol. The molecule has 0 saturated heterocycles. The van der Waals surface area contributed by atoms with E-state index in [1.807, 2.05) is 29.2 Å². The number of aliphatic hydroxyl groups is 3. The molecule has 0 bridgehead atoms. The van der Waals surface area contributed by atoms with Crippen molar-refractivity contribution in [3.63, 3.8) is 0 Å². The zero-order valence-corrected chi connectivity index (χ0v) is 12.9. The van der Waals surface area contributed by atoms with Gasteiger partial charge in [-0.1, -0.05) is 32.0 Å². The van der Waals surface area contributed by atoms with Gasteiger partial charge in [0.1, 0.15) is 18.5 Å². The van der Waals surface area contributed by atoms with E-state index in [1.165, 1.54) is 0 Å². The maximum absolute atomic E-state index is 10.0. The van der Waals surface area contributed by atoms with Crippen LogP contribution in [0.25, 0.3) is 0 Å². The SMILES string of the molecule is CC(C)c1ccccc1OC[C@@H](O)CN(CCO)CCO. The predicted molar refractivity (Wildman–Crippen MR) is 82.6 cm³/mol. The highest BCUT2D eigenvalue weighted by Gasteiger charge is 2.13. The highest BCUT2D eigenvalue weighted by molar-refractivity contribution is 5.35. The number of aliphatic hydroxyl groups excluding tert-OH is 3. The van der Waals surface area contributed by atoms with Crippen molar-refractivity contribution in [3.05, 3.63) is 29.8 Å². The first-order valence-corrected chi connectivity index (χ1v) is 7.42. The summed E-state index contributed by atoms with van der Waals surface area (Å²) in [4.78, 5) is 1.81. The van der Waals surface area contributed by atoms with Gasteiger partial charge in [-0.3, -0.25) is 4.90 Å². The van der Waals surface area contributed by atoms with Crippen molar-refractivity contribution in [1.29, 1.82) is 0 Å². The number of hydrogen-bond acceptors (Lipinski definition) is 5. The molecule has 0 aliphatic carbocycles. The third-order valence-electron chi connectivity index (χ3n) is 3.27. The monoisotopic (exact) mass is 297 g/mol. The van der Waals surface area contributed by atoms with E-state index in [-0.39, 0.29) is 19.8 Å². The summed E-state index contributed by atoms with van der Waals surface area (Å²) in [7, 11) is 0. The van der Waals surface area contributed by atoms with E-state index in [0.29, 0.717) is 25.6 Å². The van der Waals surface area contributed by atoms with Gasteiger partial charge in [0, 0.05) is 19.6 Å². The Labute approximate surface area is 126 Å². The maximum atomic E-state index is 10.0. The van der Waals surface area contributed by atoms with E-state index in [0.717, 1.165) is 11.3 Å². The van der Waals surface area contributed by atoms with Gasteiger partial charge < -0.3 is 20.1 Å². The van der Waals surface area contributed by atoms with Gasteiger partial charge in [0.05, 0.1) is 13.2 Å². The standard InChI is InChI=1S/C16H27NO4/c1-13(2)15-5-3-4-6-16(15)21-12-14(20)11-17(7-9-18)8-10-19/h3-6,13-14,18-20H,7-12H2,1-2H3/t14-/m0/s1. The highest BCUT2D eigenvalue weighted by atomic mass is 16.5. The molecule has 0 aliphatic heterocycles. The molecule has 1 atom stereocenters. The van der Waals surface area contributed by atoms with Crippen molar-refractivity contribution in [3.8, 4) is 5.75 Å². The second-order valence-electron chi connectivity index (χ2n) is 5.41. The molecule has 0 radical (unpaired) electrons. The lowest BCUT2D eigenvalue weighted by atomic mass is 10.0. The number of ether oxygens (including phenoxy) is 1. The Bertz CT molecular complexity index is 392. The second-order valence-corrected chi connectivity index (χ2v) is 5.41. The summed E-state index contributed by atoms with van der Waals surface area (Å²) in [5, 5.41) is 27.9. The highest BCUT2D eigenvalue weighted by Crippen LogP contribution is 2.25. The molecule has 5 nitrogen and oxygen atoms in total. The fourth-order valence-electron chi connectivity index (χ4n) is 2.20. The molecule has 120 valence electrons. The van der Waals surface area contributed by atoms with Crippen LogP contribution in [0.1, 0.15) is 25.3 Å². The van der Waals surface area contributed by atoms with Crippen LogP contribution in [0.4, 0.5) is 0 Å². The zero-order valence-electron chi connectivity index (χ0n) is 12.9. The van der Waals surface area contributed by atoms with E-state index < -0.39 is 6.10 Å². The van der Waals surface area contributed by atoms with Gasteiger partial charge in [-0.15, -0.1) is 0 Å². The molecule has 0 spiro atoms. The van der Waals surface area contributed by atoms with Crippen LogP contribution in [0.3, 0.4) is 0 Å². The molecular formula is C16H27NO4. The Hall–Kier alpha value is -1.14. The summed E-state index contributed by atoms with van der Waals surface area (Å²) in [6.07, 6.45) is -0.664. The Morgan fingerprint density at radius 2 is 1.71 bits per heavy atom. The van der Waals surface area contributed by atoms with Crippen molar-refractivity contribution in [2.75, 3.05) is 39.5 Å². The minimum absolute atomic E-state index is 0.00373. The zero-order chi connectivity index (χ0) is 15.7. The van der Waals surface area contributed by atoms with Crippen LogP contribution in [-0.4, -0.2) is 65.8 Å².